The summed E-state index contributed by atoms with van der Waals surface area (Å²) in [6, 6.07) is -0.708. The van der Waals surface area contributed by atoms with Crippen LogP contribution >= 0.6 is 0 Å². The van der Waals surface area contributed by atoms with E-state index in [9.17, 15) is 19.8 Å². The van der Waals surface area contributed by atoms with Gasteiger partial charge in [-0.15, -0.1) is 0 Å². The van der Waals surface area contributed by atoms with Gasteiger partial charge < -0.3 is 20.3 Å². The van der Waals surface area contributed by atoms with Crippen LogP contribution in [0.25, 0.3) is 0 Å². The van der Waals surface area contributed by atoms with Gasteiger partial charge >= 0.3 is 5.97 Å². The topological polar surface area (TPSA) is 95.9 Å². The van der Waals surface area contributed by atoms with E-state index < -0.39 is 18.2 Å². The normalized spacial score (nSPS) is 13.4. The van der Waals surface area contributed by atoms with Crippen LogP contribution < -0.4 is 5.32 Å². The molecule has 0 rings (SSSR count). The van der Waals surface area contributed by atoms with E-state index in [1.165, 1.54) is 205 Å². The Morgan fingerprint density at radius 2 is 0.729 bits per heavy atom. The zero-order chi connectivity index (χ0) is 50.9. The Morgan fingerprint density at radius 1 is 0.414 bits per heavy atom. The molecule has 3 N–H and O–H groups in total. The second-order valence-electron chi connectivity index (χ2n) is 21.1. The van der Waals surface area contributed by atoms with Crippen molar-refractivity contribution in [2.24, 2.45) is 0 Å². The maximum absolute atomic E-state index is 13.3. The largest absolute Gasteiger partial charge is 0.462 e. The maximum Gasteiger partial charge on any atom is 0.306 e. The lowest BCUT2D eigenvalue weighted by Crippen LogP contribution is -2.46. The summed E-state index contributed by atoms with van der Waals surface area (Å²) in [4.78, 5) is 26.3. The lowest BCUT2D eigenvalue weighted by molar-refractivity contribution is -0.151. The number of nitrogens with one attached hydrogen (secondary N) is 1. The molecule has 70 heavy (non-hydrogen) atoms. The molecule has 6 nitrogen and oxygen atoms in total. The SMILES string of the molecule is CCCCC/C=C\C/C=C\C/C=C\C/C=C\CCCCCC(=O)OC(CCCCCCCCCCCCCCCCC)CC(=O)NC(CO)C(O)CCCCCCCCCCCCCCCCCCC. The number of ether oxygens (including phenoxy) is 1. The summed E-state index contributed by atoms with van der Waals surface area (Å²) in [6.07, 6.45) is 71.8. The van der Waals surface area contributed by atoms with Gasteiger partial charge in [0.1, 0.15) is 6.10 Å². The number of allylic oxidation sites excluding steroid dienone is 8. The lowest BCUT2D eigenvalue weighted by atomic mass is 10.0. The predicted molar refractivity (Wildman–Crippen MR) is 305 cm³/mol. The van der Waals surface area contributed by atoms with Crippen LogP contribution in [0.2, 0.25) is 0 Å². The van der Waals surface area contributed by atoms with Crippen LogP contribution in [0.5, 0.6) is 0 Å². The van der Waals surface area contributed by atoms with Crippen LogP contribution in [0.15, 0.2) is 48.6 Å². The first-order valence-electron chi connectivity index (χ1n) is 30.9. The van der Waals surface area contributed by atoms with E-state index in [1.807, 2.05) is 0 Å². The standard InChI is InChI=1S/C64H119NO5/c1-4-7-10-13-16-19-22-25-28-30-31-33-36-39-42-45-48-51-54-57-64(69)70-60(55-52-49-46-43-40-37-34-27-24-21-18-15-12-9-6-3)58-63(68)65-61(59-66)62(67)56-53-50-47-44-41-38-35-32-29-26-23-20-17-14-11-8-5-2/h16,19,25,28,31,33,39,42,60-62,66-67H,4-15,17-18,20-24,26-27,29-30,32,34-38,40-41,43-59H2,1-3H3,(H,65,68)/b19-16-,28-25-,33-31-,42-39-. The third-order valence-electron chi connectivity index (χ3n) is 14.2. The van der Waals surface area contributed by atoms with Crippen LogP contribution in [0, 0.1) is 0 Å². The number of amides is 1. The first kappa shape index (κ1) is 67.8. The average molecular weight is 983 g/mol. The molecular weight excluding hydrogens is 863 g/mol. The molecule has 0 heterocycles. The number of aliphatic hydroxyl groups is 2. The Kier molecular flexibility index (Phi) is 55.9. The minimum atomic E-state index is -0.794. The van der Waals surface area contributed by atoms with Gasteiger partial charge in [0, 0.05) is 6.42 Å². The lowest BCUT2D eigenvalue weighted by Gasteiger charge is -2.24. The van der Waals surface area contributed by atoms with Crippen LogP contribution in [0.4, 0.5) is 0 Å². The van der Waals surface area contributed by atoms with Crippen molar-refractivity contribution < 1.29 is 24.5 Å². The average Bonchev–Trinajstić information content (AvgIpc) is 3.35. The van der Waals surface area contributed by atoms with E-state index in [0.717, 1.165) is 70.6 Å². The molecule has 6 heteroatoms. The van der Waals surface area contributed by atoms with Gasteiger partial charge in [0.25, 0.3) is 0 Å². The Balaban J connectivity index is 4.56. The molecule has 0 aromatic heterocycles. The molecule has 0 bridgehead atoms. The molecule has 0 aliphatic heterocycles. The molecular formula is C64H119NO5. The highest BCUT2D eigenvalue weighted by molar-refractivity contribution is 5.77. The van der Waals surface area contributed by atoms with Crippen molar-refractivity contribution in [1.29, 1.82) is 0 Å². The molecule has 1 amide bonds. The van der Waals surface area contributed by atoms with E-state index >= 15 is 0 Å². The van der Waals surface area contributed by atoms with Gasteiger partial charge in [0.15, 0.2) is 0 Å². The minimum Gasteiger partial charge on any atom is -0.462 e. The first-order chi connectivity index (χ1) is 34.5. The highest BCUT2D eigenvalue weighted by Crippen LogP contribution is 2.19. The Morgan fingerprint density at radius 3 is 1.11 bits per heavy atom. The van der Waals surface area contributed by atoms with Gasteiger partial charge in [-0.2, -0.15) is 0 Å². The summed E-state index contributed by atoms with van der Waals surface area (Å²) >= 11 is 0. The van der Waals surface area contributed by atoms with Crippen molar-refractivity contribution in [2.45, 2.75) is 341 Å². The number of rotatable bonds is 56. The molecule has 0 aromatic rings. The van der Waals surface area contributed by atoms with E-state index in [0.29, 0.717) is 19.3 Å². The number of carbonyl (C=O) groups is 2. The highest BCUT2D eigenvalue weighted by atomic mass is 16.5. The monoisotopic (exact) mass is 982 g/mol. The molecule has 0 spiro atoms. The Bertz CT molecular complexity index is 1190. The predicted octanol–water partition coefficient (Wildman–Crippen LogP) is 19.4. The summed E-state index contributed by atoms with van der Waals surface area (Å²) in [5.74, 6) is -0.493. The van der Waals surface area contributed by atoms with Gasteiger partial charge in [0.2, 0.25) is 5.91 Å². The summed E-state index contributed by atoms with van der Waals surface area (Å²) in [6.45, 7) is 6.49. The molecule has 0 saturated carbocycles. The van der Waals surface area contributed by atoms with Crippen LogP contribution in [0.1, 0.15) is 323 Å². The fourth-order valence-corrected chi connectivity index (χ4v) is 9.48. The van der Waals surface area contributed by atoms with Gasteiger partial charge in [-0.25, -0.2) is 0 Å². The van der Waals surface area contributed by atoms with Gasteiger partial charge in [-0.3, -0.25) is 9.59 Å². The Hall–Kier alpha value is -2.18. The third-order valence-corrected chi connectivity index (χ3v) is 14.2. The molecule has 0 fully saturated rings. The van der Waals surface area contributed by atoms with Crippen LogP contribution in [-0.4, -0.2) is 46.9 Å². The van der Waals surface area contributed by atoms with Crippen molar-refractivity contribution in [3.63, 3.8) is 0 Å². The fourth-order valence-electron chi connectivity index (χ4n) is 9.48. The van der Waals surface area contributed by atoms with E-state index in [2.05, 4.69) is 74.7 Å². The second-order valence-corrected chi connectivity index (χ2v) is 21.1. The van der Waals surface area contributed by atoms with E-state index in [-0.39, 0.29) is 24.9 Å². The van der Waals surface area contributed by atoms with Gasteiger partial charge in [-0.05, 0) is 70.6 Å². The number of hydrogen-bond donors (Lipinski definition) is 3. The maximum atomic E-state index is 13.3. The number of aliphatic hydroxyl groups excluding tert-OH is 2. The van der Waals surface area contributed by atoms with Crippen LogP contribution in [-0.2, 0) is 14.3 Å². The van der Waals surface area contributed by atoms with Crippen molar-refractivity contribution in [1.82, 2.24) is 5.32 Å². The second kappa shape index (κ2) is 57.7. The van der Waals surface area contributed by atoms with Crippen molar-refractivity contribution in [3.8, 4) is 0 Å². The minimum absolute atomic E-state index is 0.0682. The molecule has 410 valence electrons. The zero-order valence-electron chi connectivity index (χ0n) is 46.9. The van der Waals surface area contributed by atoms with Crippen molar-refractivity contribution in [3.05, 3.63) is 48.6 Å². The molecule has 3 unspecified atom stereocenters. The smallest absolute Gasteiger partial charge is 0.306 e. The number of carbonyl (C=O) groups excluding carboxylic acids is 2. The molecule has 0 aliphatic carbocycles. The van der Waals surface area contributed by atoms with Crippen molar-refractivity contribution in [2.75, 3.05) is 6.61 Å². The van der Waals surface area contributed by atoms with Gasteiger partial charge in [-0.1, -0.05) is 288 Å². The van der Waals surface area contributed by atoms with Crippen molar-refractivity contribution >= 4 is 11.9 Å². The Labute approximate surface area is 436 Å². The molecule has 0 saturated heterocycles. The number of hydrogen-bond acceptors (Lipinski definition) is 5. The summed E-state index contributed by atoms with van der Waals surface area (Å²) < 4.78 is 5.97. The zero-order valence-corrected chi connectivity index (χ0v) is 46.9. The summed E-state index contributed by atoms with van der Waals surface area (Å²) in [7, 11) is 0. The molecule has 0 aliphatic rings. The fraction of sp³-hybridized carbons (Fsp3) is 0.844. The third kappa shape index (κ3) is 52.2. The summed E-state index contributed by atoms with van der Waals surface area (Å²) in [5, 5.41) is 24.0. The molecule has 0 aromatic carbocycles. The van der Waals surface area contributed by atoms with E-state index in [4.69, 9.17) is 4.74 Å². The number of unbranched alkanes of at least 4 members (excludes halogenated alkanes) is 36. The highest BCUT2D eigenvalue weighted by Gasteiger charge is 2.24. The molecule has 0 radical (unpaired) electrons. The number of esters is 1. The molecule has 3 atom stereocenters. The van der Waals surface area contributed by atoms with Gasteiger partial charge in [0.05, 0.1) is 25.2 Å². The van der Waals surface area contributed by atoms with Crippen LogP contribution in [0.3, 0.4) is 0 Å². The first-order valence-corrected chi connectivity index (χ1v) is 30.9. The quantitative estimate of drug-likeness (QED) is 0.0321. The van der Waals surface area contributed by atoms with E-state index in [1.54, 1.807) is 0 Å². The summed E-state index contributed by atoms with van der Waals surface area (Å²) in [5.41, 5.74) is 0.